The molecule has 0 aromatic rings. The standard InChI is InChI=1S/C16H32N2/c1-14(2)9-15(3,4)11-16(10-14,12-17)18(5)13-7-6-8-13/h13H,6-12,17H2,1-5H3. The van der Waals surface area contributed by atoms with Gasteiger partial charge in [0.25, 0.3) is 0 Å². The minimum Gasteiger partial charge on any atom is -0.329 e. The minimum absolute atomic E-state index is 0.232. The third kappa shape index (κ3) is 2.60. The van der Waals surface area contributed by atoms with Gasteiger partial charge in [-0.1, -0.05) is 34.1 Å². The summed E-state index contributed by atoms with van der Waals surface area (Å²) in [5.74, 6) is 0. The minimum atomic E-state index is 0.232. The van der Waals surface area contributed by atoms with Crippen molar-refractivity contribution in [2.75, 3.05) is 13.6 Å². The van der Waals surface area contributed by atoms with E-state index in [1.165, 1.54) is 38.5 Å². The van der Waals surface area contributed by atoms with Gasteiger partial charge in [-0.15, -0.1) is 0 Å². The van der Waals surface area contributed by atoms with Crippen LogP contribution >= 0.6 is 0 Å². The van der Waals surface area contributed by atoms with Gasteiger partial charge in [0.2, 0.25) is 0 Å². The third-order valence-electron chi connectivity index (χ3n) is 5.32. The van der Waals surface area contributed by atoms with E-state index in [0.29, 0.717) is 10.8 Å². The number of nitrogens with zero attached hydrogens (tertiary/aromatic N) is 1. The van der Waals surface area contributed by atoms with Gasteiger partial charge < -0.3 is 5.73 Å². The Hall–Kier alpha value is -0.0800. The van der Waals surface area contributed by atoms with Crippen molar-refractivity contribution in [3.05, 3.63) is 0 Å². The average molecular weight is 252 g/mol. The lowest BCUT2D eigenvalue weighted by Crippen LogP contribution is -2.63. The predicted octanol–water partition coefficient (Wildman–Crippen LogP) is 3.40. The highest BCUT2D eigenvalue weighted by Crippen LogP contribution is 2.52. The Bertz CT molecular complexity index is 286. The van der Waals surface area contributed by atoms with Gasteiger partial charge in [-0.25, -0.2) is 0 Å². The molecule has 0 saturated heterocycles. The lowest BCUT2D eigenvalue weighted by atomic mass is 9.57. The lowest BCUT2D eigenvalue weighted by Gasteiger charge is -2.58. The fraction of sp³-hybridized carbons (Fsp3) is 1.00. The maximum Gasteiger partial charge on any atom is 0.0341 e. The number of rotatable bonds is 3. The van der Waals surface area contributed by atoms with E-state index in [-0.39, 0.29) is 5.54 Å². The van der Waals surface area contributed by atoms with Crippen LogP contribution < -0.4 is 5.73 Å². The highest BCUT2D eigenvalue weighted by atomic mass is 15.2. The topological polar surface area (TPSA) is 29.3 Å². The molecule has 2 nitrogen and oxygen atoms in total. The zero-order chi connectivity index (χ0) is 13.6. The van der Waals surface area contributed by atoms with Crippen LogP contribution in [0.3, 0.4) is 0 Å². The maximum atomic E-state index is 6.26. The van der Waals surface area contributed by atoms with E-state index in [4.69, 9.17) is 5.73 Å². The second kappa shape index (κ2) is 4.49. The Balaban J connectivity index is 2.24. The van der Waals surface area contributed by atoms with Crippen LogP contribution in [0.5, 0.6) is 0 Å². The van der Waals surface area contributed by atoms with Crippen LogP contribution in [0, 0.1) is 10.8 Å². The Morgan fingerprint density at radius 3 is 1.83 bits per heavy atom. The molecule has 0 spiro atoms. The van der Waals surface area contributed by atoms with Gasteiger partial charge in [0.15, 0.2) is 0 Å². The molecule has 106 valence electrons. The van der Waals surface area contributed by atoms with E-state index in [1.807, 2.05) is 0 Å². The summed E-state index contributed by atoms with van der Waals surface area (Å²) in [7, 11) is 2.33. The zero-order valence-electron chi connectivity index (χ0n) is 13.1. The van der Waals surface area contributed by atoms with E-state index < -0.39 is 0 Å². The van der Waals surface area contributed by atoms with Gasteiger partial charge in [0, 0.05) is 18.1 Å². The summed E-state index contributed by atoms with van der Waals surface area (Å²) in [5.41, 5.74) is 7.32. The van der Waals surface area contributed by atoms with Crippen LogP contribution in [0.25, 0.3) is 0 Å². The fourth-order valence-corrected chi connectivity index (χ4v) is 4.96. The second-order valence-corrected chi connectivity index (χ2v) is 8.48. The fourth-order valence-electron chi connectivity index (χ4n) is 4.96. The molecular weight excluding hydrogens is 220 g/mol. The molecule has 2 fully saturated rings. The first-order chi connectivity index (χ1) is 8.20. The Morgan fingerprint density at radius 2 is 1.50 bits per heavy atom. The molecule has 2 rings (SSSR count). The summed E-state index contributed by atoms with van der Waals surface area (Å²) in [6.07, 6.45) is 7.99. The SMILES string of the molecule is CN(C1CCC1)C1(CN)CC(C)(C)CC(C)(C)C1. The highest BCUT2D eigenvalue weighted by Gasteiger charge is 2.50. The van der Waals surface area contributed by atoms with Crippen molar-refractivity contribution in [3.63, 3.8) is 0 Å². The maximum absolute atomic E-state index is 6.26. The Kier molecular flexibility index (Phi) is 3.57. The summed E-state index contributed by atoms with van der Waals surface area (Å²) < 4.78 is 0. The number of likely N-dealkylation sites (N-methyl/N-ethyl adjacent to an activating group) is 1. The van der Waals surface area contributed by atoms with Crippen molar-refractivity contribution in [2.24, 2.45) is 16.6 Å². The van der Waals surface area contributed by atoms with Crippen molar-refractivity contribution < 1.29 is 0 Å². The highest BCUT2D eigenvalue weighted by molar-refractivity contribution is 5.05. The third-order valence-corrected chi connectivity index (χ3v) is 5.32. The van der Waals surface area contributed by atoms with Crippen LogP contribution in [-0.2, 0) is 0 Å². The van der Waals surface area contributed by atoms with Crippen LogP contribution in [0.4, 0.5) is 0 Å². The summed E-state index contributed by atoms with van der Waals surface area (Å²) in [4.78, 5) is 2.65. The van der Waals surface area contributed by atoms with E-state index >= 15 is 0 Å². The second-order valence-electron chi connectivity index (χ2n) is 8.48. The normalized spacial score (nSPS) is 30.2. The molecule has 2 heteroatoms. The van der Waals surface area contributed by atoms with Crippen molar-refractivity contribution in [1.29, 1.82) is 0 Å². The molecule has 0 heterocycles. The van der Waals surface area contributed by atoms with Crippen LogP contribution in [0.15, 0.2) is 0 Å². The monoisotopic (exact) mass is 252 g/mol. The predicted molar refractivity (Wildman–Crippen MR) is 78.6 cm³/mol. The van der Waals surface area contributed by atoms with Gasteiger partial charge >= 0.3 is 0 Å². The first kappa shape index (κ1) is 14.3. The van der Waals surface area contributed by atoms with E-state index in [9.17, 15) is 0 Å². The van der Waals surface area contributed by atoms with Crippen LogP contribution in [0.2, 0.25) is 0 Å². The molecule has 0 radical (unpaired) electrons. The zero-order valence-corrected chi connectivity index (χ0v) is 13.1. The Morgan fingerprint density at radius 1 is 1.00 bits per heavy atom. The number of nitrogens with two attached hydrogens (primary N) is 1. The van der Waals surface area contributed by atoms with Gasteiger partial charge in [-0.05, 0) is 50.0 Å². The summed E-state index contributed by atoms with van der Waals surface area (Å²) in [6.45, 7) is 10.5. The van der Waals surface area contributed by atoms with Crippen LogP contribution in [0.1, 0.15) is 66.2 Å². The van der Waals surface area contributed by atoms with Crippen molar-refractivity contribution in [3.8, 4) is 0 Å². The molecular formula is C16H32N2. The largest absolute Gasteiger partial charge is 0.329 e. The molecule has 0 bridgehead atoms. The van der Waals surface area contributed by atoms with Gasteiger partial charge in [0.05, 0.1) is 0 Å². The molecule has 0 atom stereocenters. The number of hydrogen-bond acceptors (Lipinski definition) is 2. The molecule has 0 amide bonds. The van der Waals surface area contributed by atoms with Gasteiger partial charge in [0.1, 0.15) is 0 Å². The van der Waals surface area contributed by atoms with E-state index in [2.05, 4.69) is 39.6 Å². The van der Waals surface area contributed by atoms with Crippen LogP contribution in [-0.4, -0.2) is 30.1 Å². The molecule has 2 aliphatic rings. The average Bonchev–Trinajstić information content (AvgIpc) is 2.09. The quantitative estimate of drug-likeness (QED) is 0.834. The lowest BCUT2D eigenvalue weighted by molar-refractivity contribution is -0.0634. The molecule has 0 aromatic carbocycles. The molecule has 0 unspecified atom stereocenters. The van der Waals surface area contributed by atoms with E-state index in [0.717, 1.165) is 12.6 Å². The van der Waals surface area contributed by atoms with E-state index in [1.54, 1.807) is 0 Å². The van der Waals surface area contributed by atoms with Gasteiger partial charge in [-0.3, -0.25) is 4.90 Å². The Labute approximate surface area is 113 Å². The molecule has 2 saturated carbocycles. The molecule has 0 aromatic heterocycles. The summed E-state index contributed by atoms with van der Waals surface area (Å²) in [6, 6.07) is 0.790. The number of hydrogen-bond donors (Lipinski definition) is 1. The summed E-state index contributed by atoms with van der Waals surface area (Å²) in [5, 5.41) is 0. The first-order valence-corrected chi connectivity index (χ1v) is 7.63. The molecule has 2 aliphatic carbocycles. The summed E-state index contributed by atoms with van der Waals surface area (Å²) >= 11 is 0. The molecule has 18 heavy (non-hydrogen) atoms. The molecule has 2 N–H and O–H groups in total. The first-order valence-electron chi connectivity index (χ1n) is 7.63. The molecule has 0 aliphatic heterocycles. The van der Waals surface area contributed by atoms with Crippen molar-refractivity contribution in [2.45, 2.75) is 77.8 Å². The smallest absolute Gasteiger partial charge is 0.0341 e. The van der Waals surface area contributed by atoms with Crippen molar-refractivity contribution in [1.82, 2.24) is 4.90 Å². The van der Waals surface area contributed by atoms with Gasteiger partial charge in [-0.2, -0.15) is 0 Å². The van der Waals surface area contributed by atoms with Crippen molar-refractivity contribution >= 4 is 0 Å².